The maximum atomic E-state index is 10.9. The number of rotatable bonds is 4. The summed E-state index contributed by atoms with van der Waals surface area (Å²) in [5, 5.41) is 12.2. The predicted octanol–water partition coefficient (Wildman–Crippen LogP) is 0.0358. The molecule has 1 saturated carbocycles. The van der Waals surface area contributed by atoms with Crippen LogP contribution in [0.2, 0.25) is 0 Å². The summed E-state index contributed by atoms with van der Waals surface area (Å²) in [6.45, 7) is 0.546. The molecule has 0 aromatic heterocycles. The minimum atomic E-state index is -0.296. The highest BCUT2D eigenvalue weighted by atomic mass is 79.9. The van der Waals surface area contributed by atoms with Crippen LogP contribution in [-0.4, -0.2) is 41.7 Å². The fourth-order valence-corrected chi connectivity index (χ4v) is 1.61. The van der Waals surface area contributed by atoms with Crippen LogP contribution in [0.4, 0.5) is 0 Å². The Morgan fingerprint density at radius 2 is 2.38 bits per heavy atom. The van der Waals surface area contributed by atoms with Gasteiger partial charge in [0.2, 0.25) is 0 Å². The molecule has 1 aliphatic rings. The topological polar surface area (TPSA) is 58.6 Å². The molecule has 1 aliphatic carbocycles. The van der Waals surface area contributed by atoms with Crippen molar-refractivity contribution in [2.24, 2.45) is 0 Å². The molecule has 2 N–H and O–H groups in total. The van der Waals surface area contributed by atoms with Gasteiger partial charge in [0.25, 0.3) is 0 Å². The van der Waals surface area contributed by atoms with Gasteiger partial charge < -0.3 is 15.2 Å². The van der Waals surface area contributed by atoms with Crippen LogP contribution in [0.3, 0.4) is 0 Å². The lowest BCUT2D eigenvalue weighted by molar-refractivity contribution is -0.139. The predicted molar refractivity (Wildman–Crippen MR) is 51.8 cm³/mol. The molecular weight excluding hydrogens is 238 g/mol. The summed E-state index contributed by atoms with van der Waals surface area (Å²) in [4.78, 5) is 10.6. The number of carbonyl (C=O) groups is 1. The molecule has 0 saturated heterocycles. The number of nitrogens with one attached hydrogen (secondary N) is 1. The molecule has 5 heteroatoms. The second-order valence-corrected chi connectivity index (χ2v) is 4.33. The summed E-state index contributed by atoms with van der Waals surface area (Å²) >= 11 is 3.20. The Morgan fingerprint density at radius 1 is 1.77 bits per heavy atom. The molecule has 1 fully saturated rings. The molecule has 4 nitrogen and oxygen atoms in total. The highest BCUT2D eigenvalue weighted by molar-refractivity contribution is 9.10. The molecule has 0 aromatic carbocycles. The van der Waals surface area contributed by atoms with Crippen molar-refractivity contribution in [3.8, 4) is 0 Å². The monoisotopic (exact) mass is 251 g/mol. The molecule has 0 amide bonds. The highest BCUT2D eigenvalue weighted by Crippen LogP contribution is 2.19. The Kier molecular flexibility index (Phi) is 4.15. The molecule has 0 radical (unpaired) electrons. The Hall–Kier alpha value is -0.130. The van der Waals surface area contributed by atoms with Crippen LogP contribution in [0.5, 0.6) is 0 Å². The quantitative estimate of drug-likeness (QED) is 0.547. The van der Waals surface area contributed by atoms with Crippen LogP contribution in [0.15, 0.2) is 0 Å². The average molecular weight is 252 g/mol. The van der Waals surface area contributed by atoms with E-state index in [9.17, 15) is 4.79 Å². The number of esters is 1. The Balaban J connectivity index is 2.08. The van der Waals surface area contributed by atoms with E-state index in [0.29, 0.717) is 12.6 Å². The van der Waals surface area contributed by atoms with Crippen LogP contribution < -0.4 is 5.32 Å². The summed E-state index contributed by atoms with van der Waals surface area (Å²) in [5.41, 5.74) is 0. The second kappa shape index (κ2) is 4.93. The molecule has 0 spiro atoms. The van der Waals surface area contributed by atoms with Gasteiger partial charge in [-0.05, 0) is 12.8 Å². The zero-order valence-electron chi connectivity index (χ0n) is 7.50. The maximum Gasteiger partial charge on any atom is 0.320 e. The first kappa shape index (κ1) is 10.9. The number of hydrogen-bond acceptors (Lipinski definition) is 4. The van der Waals surface area contributed by atoms with Gasteiger partial charge in [-0.1, -0.05) is 15.9 Å². The zero-order valence-corrected chi connectivity index (χ0v) is 9.08. The first-order chi connectivity index (χ1) is 6.13. The third-order valence-corrected chi connectivity index (χ3v) is 2.85. The van der Waals surface area contributed by atoms with E-state index in [1.165, 1.54) is 7.11 Å². The molecule has 0 aromatic rings. The van der Waals surface area contributed by atoms with Crippen molar-refractivity contribution < 1.29 is 14.6 Å². The molecule has 0 aliphatic heterocycles. The van der Waals surface area contributed by atoms with Gasteiger partial charge >= 0.3 is 5.97 Å². The van der Waals surface area contributed by atoms with Gasteiger partial charge in [-0.15, -0.1) is 0 Å². The summed E-state index contributed by atoms with van der Waals surface area (Å²) < 4.78 is 4.54. The molecular formula is C8H14BrNO3. The molecule has 1 unspecified atom stereocenters. The van der Waals surface area contributed by atoms with Gasteiger partial charge in [0.1, 0.15) is 4.83 Å². The highest BCUT2D eigenvalue weighted by Gasteiger charge is 2.27. The van der Waals surface area contributed by atoms with Crippen molar-refractivity contribution in [3.05, 3.63) is 0 Å². The first-order valence-electron chi connectivity index (χ1n) is 4.27. The van der Waals surface area contributed by atoms with E-state index in [2.05, 4.69) is 26.0 Å². The molecule has 0 heterocycles. The molecule has 13 heavy (non-hydrogen) atoms. The van der Waals surface area contributed by atoms with E-state index < -0.39 is 0 Å². The van der Waals surface area contributed by atoms with Crippen molar-refractivity contribution in [2.45, 2.75) is 29.8 Å². The van der Waals surface area contributed by atoms with Crippen molar-refractivity contribution in [2.75, 3.05) is 13.7 Å². The number of methoxy groups -OCH3 is 1. The van der Waals surface area contributed by atoms with Crippen molar-refractivity contribution >= 4 is 21.9 Å². The molecule has 1 atom stereocenters. The number of halogens is 1. The second-order valence-electron chi connectivity index (χ2n) is 3.22. The fraction of sp³-hybridized carbons (Fsp3) is 0.875. The van der Waals surface area contributed by atoms with Crippen LogP contribution in [0, 0.1) is 0 Å². The van der Waals surface area contributed by atoms with E-state index in [4.69, 9.17) is 5.11 Å². The smallest absolute Gasteiger partial charge is 0.320 e. The van der Waals surface area contributed by atoms with E-state index in [1.807, 2.05) is 0 Å². The van der Waals surface area contributed by atoms with E-state index >= 15 is 0 Å². The molecule has 76 valence electrons. The lowest BCUT2D eigenvalue weighted by Gasteiger charge is -2.32. The number of aliphatic hydroxyl groups is 1. The lowest BCUT2D eigenvalue weighted by Crippen LogP contribution is -2.46. The number of ether oxygens (including phenoxy) is 1. The number of hydrogen-bond donors (Lipinski definition) is 2. The van der Waals surface area contributed by atoms with Gasteiger partial charge in [-0.3, -0.25) is 4.79 Å². The van der Waals surface area contributed by atoms with Gasteiger partial charge in [0.15, 0.2) is 0 Å². The van der Waals surface area contributed by atoms with Crippen molar-refractivity contribution in [3.63, 3.8) is 0 Å². The van der Waals surface area contributed by atoms with E-state index in [0.717, 1.165) is 12.8 Å². The van der Waals surface area contributed by atoms with Crippen LogP contribution >= 0.6 is 15.9 Å². The zero-order chi connectivity index (χ0) is 9.84. The van der Waals surface area contributed by atoms with Gasteiger partial charge in [0, 0.05) is 12.6 Å². The summed E-state index contributed by atoms with van der Waals surface area (Å²) in [6, 6.07) is 0.347. The van der Waals surface area contributed by atoms with Gasteiger partial charge in [-0.25, -0.2) is 0 Å². The number of carbonyl (C=O) groups excluding carboxylic acids is 1. The largest absolute Gasteiger partial charge is 0.468 e. The summed E-state index contributed by atoms with van der Waals surface area (Å²) in [7, 11) is 1.36. The van der Waals surface area contributed by atoms with Gasteiger partial charge in [0.05, 0.1) is 13.2 Å². The third-order valence-electron chi connectivity index (χ3n) is 2.16. The first-order valence-corrected chi connectivity index (χ1v) is 5.18. The summed E-state index contributed by atoms with van der Waals surface area (Å²) in [6.07, 6.45) is 1.39. The van der Waals surface area contributed by atoms with E-state index in [1.54, 1.807) is 0 Å². The average Bonchev–Trinajstić information content (AvgIpc) is 2.08. The Labute approximate surface area is 85.8 Å². The minimum absolute atomic E-state index is 0.163. The van der Waals surface area contributed by atoms with Crippen molar-refractivity contribution in [1.82, 2.24) is 5.32 Å². The minimum Gasteiger partial charge on any atom is -0.468 e. The molecule has 0 bridgehead atoms. The van der Waals surface area contributed by atoms with Crippen LogP contribution in [0.25, 0.3) is 0 Å². The summed E-state index contributed by atoms with van der Waals surface area (Å²) in [5.74, 6) is -0.271. The maximum absolute atomic E-state index is 10.9. The Morgan fingerprint density at radius 3 is 2.85 bits per heavy atom. The van der Waals surface area contributed by atoms with E-state index in [-0.39, 0.29) is 16.9 Å². The SMILES string of the molecule is COC(=O)C(Br)CNC1CC(O)C1. The number of aliphatic hydroxyl groups excluding tert-OH is 1. The van der Waals surface area contributed by atoms with Crippen LogP contribution in [0.1, 0.15) is 12.8 Å². The number of alkyl halides is 1. The Bertz CT molecular complexity index is 182. The normalized spacial score (nSPS) is 29.2. The fourth-order valence-electron chi connectivity index (χ4n) is 1.24. The lowest BCUT2D eigenvalue weighted by atomic mass is 9.89. The van der Waals surface area contributed by atoms with Gasteiger partial charge in [-0.2, -0.15) is 0 Å². The standard InChI is InChI=1S/C8H14BrNO3/c1-13-8(12)7(9)4-10-5-2-6(11)3-5/h5-7,10-11H,2-4H2,1H3. The van der Waals surface area contributed by atoms with Crippen molar-refractivity contribution in [1.29, 1.82) is 0 Å². The van der Waals surface area contributed by atoms with Crippen LogP contribution in [-0.2, 0) is 9.53 Å². The third kappa shape index (κ3) is 3.25. The molecule has 1 rings (SSSR count).